The fourth-order valence-corrected chi connectivity index (χ4v) is 3.33. The van der Waals surface area contributed by atoms with Crippen molar-refractivity contribution in [3.63, 3.8) is 0 Å². The highest BCUT2D eigenvalue weighted by molar-refractivity contribution is 6.30. The number of carbonyl (C=O) groups excluding carboxylic acids is 1. The molecule has 5 nitrogen and oxygen atoms in total. The summed E-state index contributed by atoms with van der Waals surface area (Å²) in [5.74, 6) is 0.193. The monoisotopic (exact) mass is 437 g/mol. The normalized spacial score (nSPS) is 11.0. The molecule has 0 fully saturated rings. The Labute approximate surface area is 187 Å². The molecule has 0 N–H and O–H groups in total. The average Bonchev–Trinajstić information content (AvgIpc) is 2.81. The Morgan fingerprint density at radius 2 is 1.71 bits per heavy atom. The van der Waals surface area contributed by atoms with Gasteiger partial charge in [0.1, 0.15) is 17.9 Å². The van der Waals surface area contributed by atoms with Gasteiger partial charge >= 0.3 is 5.97 Å². The van der Waals surface area contributed by atoms with E-state index < -0.39 is 5.97 Å². The molecular weight excluding hydrogens is 414 g/mol. The van der Waals surface area contributed by atoms with E-state index in [1.54, 1.807) is 18.2 Å². The van der Waals surface area contributed by atoms with Crippen molar-refractivity contribution < 1.29 is 19.0 Å². The van der Waals surface area contributed by atoms with E-state index in [0.29, 0.717) is 16.3 Å². The number of hydrogen-bond acceptors (Lipinski definition) is 5. The van der Waals surface area contributed by atoms with Crippen LogP contribution in [0.15, 0.2) is 79.1 Å². The van der Waals surface area contributed by atoms with Crippen LogP contribution in [0.2, 0.25) is 5.02 Å². The standard InChI is InChI=1S/C25H24ClNO4/c1-27(20-8-5-4-6-9-20)21-10-7-11-22(15-21)31-16-18-14-19(26)12-13-23(18)24(17-29-2)25(28)30-3/h4-15,17H,16H2,1-3H3/b24-17-. The second kappa shape index (κ2) is 10.5. The van der Waals surface area contributed by atoms with E-state index in [9.17, 15) is 4.79 Å². The van der Waals surface area contributed by atoms with Crippen LogP contribution < -0.4 is 9.64 Å². The molecule has 0 aliphatic rings. The molecule has 0 saturated carbocycles. The van der Waals surface area contributed by atoms with Gasteiger partial charge in [-0.2, -0.15) is 0 Å². The topological polar surface area (TPSA) is 48.0 Å². The SMILES string of the molecule is CO/C=C(\C(=O)OC)c1ccc(Cl)cc1COc1cccc(N(C)c2ccccc2)c1. The van der Waals surface area contributed by atoms with Crippen molar-refractivity contribution in [2.24, 2.45) is 0 Å². The predicted octanol–water partition coefficient (Wildman–Crippen LogP) is 5.85. The zero-order valence-electron chi connectivity index (χ0n) is 17.7. The average molecular weight is 438 g/mol. The van der Waals surface area contributed by atoms with Gasteiger partial charge in [-0.1, -0.05) is 41.9 Å². The maximum Gasteiger partial charge on any atom is 0.341 e. The van der Waals surface area contributed by atoms with Crippen molar-refractivity contribution >= 4 is 34.5 Å². The van der Waals surface area contributed by atoms with Gasteiger partial charge in [0.25, 0.3) is 0 Å². The van der Waals surface area contributed by atoms with Crippen molar-refractivity contribution in [1.82, 2.24) is 0 Å². The second-order valence-electron chi connectivity index (χ2n) is 6.74. The third-order valence-electron chi connectivity index (χ3n) is 4.74. The Hall–Kier alpha value is -3.44. The van der Waals surface area contributed by atoms with Gasteiger partial charge in [0, 0.05) is 29.5 Å². The highest BCUT2D eigenvalue weighted by Gasteiger charge is 2.18. The highest BCUT2D eigenvalue weighted by atomic mass is 35.5. The summed E-state index contributed by atoms with van der Waals surface area (Å²) in [6.07, 6.45) is 1.36. The molecule has 0 aliphatic heterocycles. The molecule has 0 spiro atoms. The lowest BCUT2D eigenvalue weighted by Crippen LogP contribution is -2.10. The van der Waals surface area contributed by atoms with Gasteiger partial charge in [-0.3, -0.25) is 0 Å². The summed E-state index contributed by atoms with van der Waals surface area (Å²) in [6, 6.07) is 23.1. The molecule has 0 aromatic heterocycles. The third-order valence-corrected chi connectivity index (χ3v) is 4.98. The lowest BCUT2D eigenvalue weighted by molar-refractivity contribution is -0.133. The number of benzene rings is 3. The predicted molar refractivity (Wildman–Crippen MR) is 124 cm³/mol. The number of ether oxygens (including phenoxy) is 3. The molecule has 3 aromatic carbocycles. The van der Waals surface area contributed by atoms with E-state index in [2.05, 4.69) is 4.90 Å². The van der Waals surface area contributed by atoms with Crippen molar-refractivity contribution in [3.05, 3.63) is 95.2 Å². The first-order chi connectivity index (χ1) is 15.0. The summed E-state index contributed by atoms with van der Waals surface area (Å²) in [7, 11) is 4.80. The number of para-hydroxylation sites is 1. The van der Waals surface area contributed by atoms with Gasteiger partial charge < -0.3 is 19.1 Å². The van der Waals surface area contributed by atoms with Gasteiger partial charge in [-0.15, -0.1) is 0 Å². The smallest absolute Gasteiger partial charge is 0.341 e. The van der Waals surface area contributed by atoms with Crippen LogP contribution in [0.1, 0.15) is 11.1 Å². The third kappa shape index (κ3) is 5.58. The minimum atomic E-state index is -0.503. The molecule has 0 radical (unpaired) electrons. The van der Waals surface area contributed by atoms with Crippen LogP contribution in [0.25, 0.3) is 5.57 Å². The molecule has 6 heteroatoms. The zero-order valence-corrected chi connectivity index (χ0v) is 18.4. The first kappa shape index (κ1) is 22.2. The lowest BCUT2D eigenvalue weighted by atomic mass is 10.0. The number of anilines is 2. The first-order valence-corrected chi connectivity index (χ1v) is 10.0. The van der Waals surface area contributed by atoms with Crippen LogP contribution >= 0.6 is 11.6 Å². The summed E-state index contributed by atoms with van der Waals surface area (Å²) in [6.45, 7) is 0.215. The molecule has 0 atom stereocenters. The number of esters is 1. The minimum absolute atomic E-state index is 0.215. The van der Waals surface area contributed by atoms with Crippen molar-refractivity contribution in [2.45, 2.75) is 6.61 Å². The Balaban J connectivity index is 1.84. The Morgan fingerprint density at radius 3 is 2.42 bits per heavy atom. The zero-order chi connectivity index (χ0) is 22.2. The Morgan fingerprint density at radius 1 is 0.968 bits per heavy atom. The van der Waals surface area contributed by atoms with E-state index in [0.717, 1.165) is 16.9 Å². The molecule has 0 saturated heterocycles. The second-order valence-corrected chi connectivity index (χ2v) is 7.18. The Bertz CT molecular complexity index is 1070. The van der Waals surface area contributed by atoms with Crippen molar-refractivity contribution in [1.29, 1.82) is 0 Å². The van der Waals surface area contributed by atoms with E-state index in [-0.39, 0.29) is 12.2 Å². The lowest BCUT2D eigenvalue weighted by Gasteiger charge is -2.20. The van der Waals surface area contributed by atoms with Crippen LogP contribution in [0.4, 0.5) is 11.4 Å². The quantitative estimate of drug-likeness (QED) is 0.251. The number of carbonyl (C=O) groups is 1. The number of nitrogens with zero attached hydrogens (tertiary/aromatic N) is 1. The van der Waals surface area contributed by atoms with Gasteiger partial charge in [0.2, 0.25) is 0 Å². The van der Waals surface area contributed by atoms with Crippen molar-refractivity contribution in [3.8, 4) is 5.75 Å². The van der Waals surface area contributed by atoms with Crippen LogP contribution in [0.3, 0.4) is 0 Å². The number of methoxy groups -OCH3 is 2. The van der Waals surface area contributed by atoms with Crippen LogP contribution in [0, 0.1) is 0 Å². The largest absolute Gasteiger partial charge is 0.503 e. The molecule has 0 bridgehead atoms. The molecule has 0 unspecified atom stereocenters. The first-order valence-electron chi connectivity index (χ1n) is 9.65. The van der Waals surface area contributed by atoms with E-state index in [1.807, 2.05) is 61.6 Å². The molecule has 31 heavy (non-hydrogen) atoms. The molecule has 0 heterocycles. The summed E-state index contributed by atoms with van der Waals surface area (Å²) < 4.78 is 16.0. The van der Waals surface area contributed by atoms with Crippen LogP contribution in [-0.2, 0) is 20.9 Å². The maximum atomic E-state index is 12.2. The van der Waals surface area contributed by atoms with Gasteiger partial charge in [-0.05, 0) is 47.5 Å². The minimum Gasteiger partial charge on any atom is -0.503 e. The molecule has 0 aliphatic carbocycles. The molecule has 0 amide bonds. The fourth-order valence-electron chi connectivity index (χ4n) is 3.14. The number of rotatable bonds is 8. The molecule has 160 valence electrons. The van der Waals surface area contributed by atoms with Crippen LogP contribution in [-0.4, -0.2) is 27.2 Å². The van der Waals surface area contributed by atoms with Crippen LogP contribution in [0.5, 0.6) is 5.75 Å². The molecule has 3 aromatic rings. The van der Waals surface area contributed by atoms with Crippen molar-refractivity contribution in [2.75, 3.05) is 26.2 Å². The van der Waals surface area contributed by atoms with Gasteiger partial charge in [-0.25, -0.2) is 4.79 Å². The van der Waals surface area contributed by atoms with E-state index >= 15 is 0 Å². The number of hydrogen-bond donors (Lipinski definition) is 0. The molecule has 3 rings (SSSR count). The summed E-state index contributed by atoms with van der Waals surface area (Å²) in [4.78, 5) is 14.3. The summed E-state index contributed by atoms with van der Waals surface area (Å²) in [5.41, 5.74) is 3.73. The maximum absolute atomic E-state index is 12.2. The van der Waals surface area contributed by atoms with E-state index in [4.69, 9.17) is 25.8 Å². The van der Waals surface area contributed by atoms with Gasteiger partial charge in [0.15, 0.2) is 0 Å². The van der Waals surface area contributed by atoms with Gasteiger partial charge in [0.05, 0.1) is 20.5 Å². The molecular formula is C25H24ClNO4. The summed E-state index contributed by atoms with van der Waals surface area (Å²) in [5, 5.41) is 0.543. The Kier molecular flexibility index (Phi) is 7.57. The highest BCUT2D eigenvalue weighted by Crippen LogP contribution is 2.29. The number of halogens is 1. The fraction of sp³-hybridized carbons (Fsp3) is 0.160. The summed E-state index contributed by atoms with van der Waals surface area (Å²) >= 11 is 6.20. The van der Waals surface area contributed by atoms with E-state index in [1.165, 1.54) is 20.5 Å².